The van der Waals surface area contributed by atoms with Gasteiger partial charge in [0, 0.05) is 18.7 Å². The Morgan fingerprint density at radius 3 is 2.48 bits per heavy atom. The van der Waals surface area contributed by atoms with Crippen LogP contribution in [0.1, 0.15) is 17.3 Å². The van der Waals surface area contributed by atoms with Crippen LogP contribution in [0, 0.1) is 0 Å². The molecule has 0 aromatic heterocycles. The third kappa shape index (κ3) is 6.00. The van der Waals surface area contributed by atoms with Crippen molar-refractivity contribution in [1.29, 1.82) is 0 Å². The topological polar surface area (TPSA) is 82.8 Å². The number of nitrogens with one attached hydrogen (secondary N) is 1. The van der Waals surface area contributed by atoms with Crippen LogP contribution >= 0.6 is 0 Å². The average Bonchev–Trinajstić information content (AvgIpc) is 2.65. The Bertz CT molecular complexity index is 662. The number of nitrogens with two attached hydrogens (primary N) is 1. The number of rotatable bonds is 10. The minimum atomic E-state index is -0.189. The van der Waals surface area contributed by atoms with E-state index >= 15 is 0 Å². The molecule has 3 N–H and O–H groups in total. The van der Waals surface area contributed by atoms with E-state index in [4.69, 9.17) is 19.9 Å². The van der Waals surface area contributed by atoms with Gasteiger partial charge in [-0.05, 0) is 37.3 Å². The second-order valence-electron chi connectivity index (χ2n) is 5.15. The van der Waals surface area contributed by atoms with Crippen LogP contribution in [0.25, 0.3) is 0 Å². The number of carbonyl (C=O) groups is 1. The molecule has 0 aliphatic heterocycles. The van der Waals surface area contributed by atoms with Crippen LogP contribution in [0.3, 0.4) is 0 Å². The van der Waals surface area contributed by atoms with E-state index in [0.717, 1.165) is 5.75 Å². The second-order valence-corrected chi connectivity index (χ2v) is 5.15. The van der Waals surface area contributed by atoms with Crippen LogP contribution in [-0.4, -0.2) is 38.8 Å². The lowest BCUT2D eigenvalue weighted by molar-refractivity contribution is 0.0954. The molecule has 0 radical (unpaired) electrons. The lowest BCUT2D eigenvalue weighted by Gasteiger charge is -2.14. The van der Waals surface area contributed by atoms with E-state index in [1.165, 1.54) is 0 Å². The molecule has 0 unspecified atom stereocenters. The third-order valence-corrected chi connectivity index (χ3v) is 3.29. The average molecular weight is 344 g/mol. The lowest BCUT2D eigenvalue weighted by Crippen LogP contribution is -2.29. The number of amides is 1. The first-order chi connectivity index (χ1) is 12.2. The summed E-state index contributed by atoms with van der Waals surface area (Å²) < 4.78 is 16.9. The van der Waals surface area contributed by atoms with Crippen LogP contribution in [0.5, 0.6) is 17.2 Å². The lowest BCUT2D eigenvalue weighted by atomic mass is 10.2. The molecule has 6 nitrogen and oxygen atoms in total. The summed E-state index contributed by atoms with van der Waals surface area (Å²) in [5, 5.41) is 2.73. The van der Waals surface area contributed by atoms with Gasteiger partial charge in [-0.25, -0.2) is 0 Å². The molecule has 0 fully saturated rings. The Balaban J connectivity index is 1.93. The maximum atomic E-state index is 12.0. The van der Waals surface area contributed by atoms with E-state index in [-0.39, 0.29) is 5.91 Å². The van der Waals surface area contributed by atoms with E-state index in [1.807, 2.05) is 37.3 Å². The molecule has 0 spiro atoms. The second kappa shape index (κ2) is 10.2. The summed E-state index contributed by atoms with van der Waals surface area (Å²) in [7, 11) is 0. The van der Waals surface area contributed by atoms with Gasteiger partial charge in [-0.2, -0.15) is 0 Å². The van der Waals surface area contributed by atoms with Gasteiger partial charge in [0.25, 0.3) is 5.91 Å². The highest BCUT2D eigenvalue weighted by molar-refractivity contribution is 5.94. The van der Waals surface area contributed by atoms with Crippen LogP contribution in [0.4, 0.5) is 0 Å². The Labute approximate surface area is 147 Å². The molecule has 0 heterocycles. The van der Waals surface area contributed by atoms with Gasteiger partial charge in [-0.3, -0.25) is 4.79 Å². The fraction of sp³-hybridized carbons (Fsp3) is 0.316. The van der Waals surface area contributed by atoms with Crippen LogP contribution in [0.2, 0.25) is 0 Å². The maximum Gasteiger partial charge on any atom is 0.251 e. The van der Waals surface area contributed by atoms with Crippen molar-refractivity contribution in [3.05, 3.63) is 54.1 Å². The molecular formula is C19H24N2O4. The standard InChI is InChI=1S/C19H24N2O4/c1-2-23-18-14-15(19(22)21-11-10-20)8-9-17(18)25-13-12-24-16-6-4-3-5-7-16/h3-9,14H,2,10-13,20H2,1H3,(H,21,22). The van der Waals surface area contributed by atoms with Gasteiger partial charge in [0.2, 0.25) is 0 Å². The predicted octanol–water partition coefficient (Wildman–Crippen LogP) is 2.23. The monoisotopic (exact) mass is 344 g/mol. The number of carbonyl (C=O) groups excluding carboxylic acids is 1. The minimum absolute atomic E-state index is 0.189. The normalized spacial score (nSPS) is 10.2. The molecule has 0 bridgehead atoms. The SMILES string of the molecule is CCOc1cc(C(=O)NCCN)ccc1OCCOc1ccccc1. The molecule has 0 aliphatic carbocycles. The summed E-state index contributed by atoms with van der Waals surface area (Å²) in [4.78, 5) is 12.0. The predicted molar refractivity (Wildman–Crippen MR) is 96.4 cm³/mol. The molecule has 0 saturated heterocycles. The summed E-state index contributed by atoms with van der Waals surface area (Å²) in [6, 6.07) is 14.6. The van der Waals surface area contributed by atoms with Crippen LogP contribution < -0.4 is 25.3 Å². The van der Waals surface area contributed by atoms with Gasteiger partial charge >= 0.3 is 0 Å². The number of para-hydroxylation sites is 1. The van der Waals surface area contributed by atoms with Crippen molar-refractivity contribution in [3.63, 3.8) is 0 Å². The van der Waals surface area contributed by atoms with Gasteiger partial charge in [0.15, 0.2) is 11.5 Å². The Morgan fingerprint density at radius 1 is 1.00 bits per heavy atom. The van der Waals surface area contributed by atoms with Crippen LogP contribution in [0.15, 0.2) is 48.5 Å². The van der Waals surface area contributed by atoms with E-state index < -0.39 is 0 Å². The zero-order valence-corrected chi connectivity index (χ0v) is 14.4. The number of hydrogen-bond acceptors (Lipinski definition) is 5. The fourth-order valence-corrected chi connectivity index (χ4v) is 2.15. The van der Waals surface area contributed by atoms with Crippen molar-refractivity contribution in [2.45, 2.75) is 6.92 Å². The highest BCUT2D eigenvalue weighted by Crippen LogP contribution is 2.28. The Hall–Kier alpha value is -2.73. The molecule has 0 atom stereocenters. The van der Waals surface area contributed by atoms with E-state index in [9.17, 15) is 4.79 Å². The minimum Gasteiger partial charge on any atom is -0.490 e. The maximum absolute atomic E-state index is 12.0. The molecular weight excluding hydrogens is 320 g/mol. The van der Waals surface area contributed by atoms with E-state index in [2.05, 4.69) is 5.32 Å². The molecule has 25 heavy (non-hydrogen) atoms. The van der Waals surface area contributed by atoms with Gasteiger partial charge in [-0.1, -0.05) is 18.2 Å². The smallest absolute Gasteiger partial charge is 0.251 e. The van der Waals surface area contributed by atoms with Crippen molar-refractivity contribution >= 4 is 5.91 Å². The number of hydrogen-bond donors (Lipinski definition) is 2. The van der Waals surface area contributed by atoms with Crippen molar-refractivity contribution in [2.24, 2.45) is 5.73 Å². The molecule has 0 aliphatic rings. The van der Waals surface area contributed by atoms with Crippen molar-refractivity contribution in [1.82, 2.24) is 5.32 Å². The van der Waals surface area contributed by atoms with Gasteiger partial charge in [-0.15, -0.1) is 0 Å². The summed E-state index contributed by atoms with van der Waals surface area (Å²) >= 11 is 0. The van der Waals surface area contributed by atoms with Gasteiger partial charge in [0.1, 0.15) is 19.0 Å². The zero-order valence-electron chi connectivity index (χ0n) is 14.4. The Kier molecular flexibility index (Phi) is 7.59. The summed E-state index contributed by atoms with van der Waals surface area (Å²) in [5.41, 5.74) is 5.90. The van der Waals surface area contributed by atoms with E-state index in [1.54, 1.807) is 18.2 Å². The van der Waals surface area contributed by atoms with Crippen molar-refractivity contribution in [3.8, 4) is 17.2 Å². The number of ether oxygens (including phenoxy) is 3. The number of benzene rings is 2. The molecule has 2 rings (SSSR count). The summed E-state index contributed by atoms with van der Waals surface area (Å²) in [6.45, 7) is 3.96. The zero-order chi connectivity index (χ0) is 17.9. The largest absolute Gasteiger partial charge is 0.490 e. The highest BCUT2D eigenvalue weighted by atomic mass is 16.5. The summed E-state index contributed by atoms with van der Waals surface area (Å²) in [5.74, 6) is 1.71. The first-order valence-electron chi connectivity index (χ1n) is 8.30. The summed E-state index contributed by atoms with van der Waals surface area (Å²) in [6.07, 6.45) is 0. The molecule has 2 aromatic rings. The van der Waals surface area contributed by atoms with E-state index in [0.29, 0.717) is 50.0 Å². The molecule has 1 amide bonds. The van der Waals surface area contributed by atoms with Crippen molar-refractivity contribution in [2.75, 3.05) is 32.9 Å². The molecule has 0 saturated carbocycles. The quantitative estimate of drug-likeness (QED) is 0.646. The molecule has 2 aromatic carbocycles. The molecule has 134 valence electrons. The Morgan fingerprint density at radius 2 is 1.76 bits per heavy atom. The molecule has 6 heteroatoms. The van der Waals surface area contributed by atoms with Crippen molar-refractivity contribution < 1.29 is 19.0 Å². The van der Waals surface area contributed by atoms with Gasteiger partial charge in [0.05, 0.1) is 6.61 Å². The highest BCUT2D eigenvalue weighted by Gasteiger charge is 2.11. The fourth-order valence-electron chi connectivity index (χ4n) is 2.15. The first-order valence-corrected chi connectivity index (χ1v) is 8.30. The third-order valence-electron chi connectivity index (χ3n) is 3.29. The first kappa shape index (κ1) is 18.6. The van der Waals surface area contributed by atoms with Crippen LogP contribution in [-0.2, 0) is 0 Å². The van der Waals surface area contributed by atoms with Gasteiger partial charge < -0.3 is 25.3 Å².